The summed E-state index contributed by atoms with van der Waals surface area (Å²) in [6, 6.07) is 0. The van der Waals surface area contributed by atoms with Crippen molar-refractivity contribution in [2.45, 2.75) is 77.6 Å². The van der Waals surface area contributed by atoms with Gasteiger partial charge in [0.25, 0.3) is 0 Å². The molecule has 0 amide bonds. The Hall–Kier alpha value is -0.520. The van der Waals surface area contributed by atoms with E-state index in [4.69, 9.17) is 0 Å². The van der Waals surface area contributed by atoms with E-state index in [0.717, 1.165) is 12.8 Å². The zero-order chi connectivity index (χ0) is 12.6. The number of hydrogen-bond acceptors (Lipinski definition) is 0. The van der Waals surface area contributed by atoms with Crippen molar-refractivity contribution in [2.24, 2.45) is 0 Å². The standard InChI is InChI=1S/C17H31/c1-3-5-7-9-11-13-15-17-16-14-12-10-8-6-4-2/h6,8,14,16H,1,3-5,7,9-13,15,17H2,2H3/b8-6+,16-14+. The molecule has 0 aliphatic heterocycles. The Labute approximate surface area is 109 Å². The molecule has 0 heteroatoms. The summed E-state index contributed by atoms with van der Waals surface area (Å²) >= 11 is 0. The molecule has 0 aromatic rings. The zero-order valence-electron chi connectivity index (χ0n) is 11.8. The molecule has 0 aromatic carbocycles. The average Bonchev–Trinajstić information content (AvgIpc) is 2.35. The van der Waals surface area contributed by atoms with E-state index in [0.29, 0.717) is 0 Å². The van der Waals surface area contributed by atoms with E-state index in [9.17, 15) is 0 Å². The van der Waals surface area contributed by atoms with Gasteiger partial charge in [0, 0.05) is 0 Å². The lowest BCUT2D eigenvalue weighted by atomic mass is 10.1. The smallest absolute Gasteiger partial charge is 0.0316 e. The third-order valence-electron chi connectivity index (χ3n) is 2.94. The molecule has 0 aliphatic rings. The highest BCUT2D eigenvalue weighted by atomic mass is 13.9. The third-order valence-corrected chi connectivity index (χ3v) is 2.94. The third kappa shape index (κ3) is 15.5. The molecule has 0 saturated carbocycles. The van der Waals surface area contributed by atoms with Crippen LogP contribution < -0.4 is 0 Å². The van der Waals surface area contributed by atoms with Gasteiger partial charge in [0.1, 0.15) is 0 Å². The summed E-state index contributed by atoms with van der Waals surface area (Å²) < 4.78 is 0. The normalized spacial score (nSPS) is 11.9. The Bertz CT molecular complexity index is 176. The second-order valence-corrected chi connectivity index (χ2v) is 4.69. The Morgan fingerprint density at radius 1 is 0.647 bits per heavy atom. The molecule has 17 heavy (non-hydrogen) atoms. The maximum atomic E-state index is 3.87. The number of allylic oxidation sites excluding steroid dienone is 4. The minimum Gasteiger partial charge on any atom is -0.0888 e. The van der Waals surface area contributed by atoms with Crippen molar-refractivity contribution in [1.82, 2.24) is 0 Å². The maximum absolute atomic E-state index is 3.87. The zero-order valence-corrected chi connectivity index (χ0v) is 11.8. The van der Waals surface area contributed by atoms with Crippen molar-refractivity contribution >= 4 is 0 Å². The fourth-order valence-electron chi connectivity index (χ4n) is 1.86. The summed E-state index contributed by atoms with van der Waals surface area (Å²) in [7, 11) is 0. The molecule has 0 nitrogen and oxygen atoms in total. The number of unbranched alkanes of at least 4 members (excludes halogenated alkanes) is 8. The summed E-state index contributed by atoms with van der Waals surface area (Å²) in [5, 5.41) is 0. The Morgan fingerprint density at radius 2 is 1.18 bits per heavy atom. The molecule has 99 valence electrons. The van der Waals surface area contributed by atoms with Crippen LogP contribution in [-0.4, -0.2) is 0 Å². The first-order chi connectivity index (χ1) is 8.41. The van der Waals surface area contributed by atoms with Gasteiger partial charge >= 0.3 is 0 Å². The second kappa shape index (κ2) is 15.5. The van der Waals surface area contributed by atoms with E-state index in [-0.39, 0.29) is 0 Å². The molecule has 0 spiro atoms. The van der Waals surface area contributed by atoms with Crippen molar-refractivity contribution in [3.63, 3.8) is 0 Å². The van der Waals surface area contributed by atoms with E-state index in [1.807, 2.05) is 0 Å². The molecule has 0 aromatic heterocycles. The van der Waals surface area contributed by atoms with Gasteiger partial charge in [-0.15, -0.1) is 0 Å². The van der Waals surface area contributed by atoms with Gasteiger partial charge in [-0.25, -0.2) is 0 Å². The van der Waals surface area contributed by atoms with Gasteiger partial charge in [0.2, 0.25) is 0 Å². The maximum Gasteiger partial charge on any atom is -0.0316 e. The van der Waals surface area contributed by atoms with Gasteiger partial charge in [-0.05, 0) is 32.1 Å². The lowest BCUT2D eigenvalue weighted by Gasteiger charge is -1.98. The molecular weight excluding hydrogens is 204 g/mol. The van der Waals surface area contributed by atoms with E-state index in [2.05, 4.69) is 38.2 Å². The minimum atomic E-state index is 1.11. The summed E-state index contributed by atoms with van der Waals surface area (Å²) in [5.41, 5.74) is 0. The van der Waals surface area contributed by atoms with Gasteiger partial charge in [-0.3, -0.25) is 0 Å². The fraction of sp³-hybridized carbons (Fsp3) is 0.706. The van der Waals surface area contributed by atoms with Crippen molar-refractivity contribution in [2.75, 3.05) is 0 Å². The first kappa shape index (κ1) is 16.5. The van der Waals surface area contributed by atoms with Crippen LogP contribution in [0.5, 0.6) is 0 Å². The molecular formula is C17H31. The molecule has 1 radical (unpaired) electrons. The quantitative estimate of drug-likeness (QED) is 0.277. The van der Waals surface area contributed by atoms with Crippen LogP contribution in [-0.2, 0) is 0 Å². The Kier molecular flexibility index (Phi) is 15.0. The molecule has 0 atom stereocenters. The van der Waals surface area contributed by atoms with E-state index in [1.165, 1.54) is 57.8 Å². The highest BCUT2D eigenvalue weighted by Gasteiger charge is 1.89. The van der Waals surface area contributed by atoms with Crippen LogP contribution >= 0.6 is 0 Å². The van der Waals surface area contributed by atoms with Gasteiger partial charge in [0.05, 0.1) is 0 Å². The first-order valence-corrected chi connectivity index (χ1v) is 7.51. The van der Waals surface area contributed by atoms with Crippen LogP contribution in [0.25, 0.3) is 0 Å². The highest BCUT2D eigenvalue weighted by Crippen LogP contribution is 2.08. The van der Waals surface area contributed by atoms with Crippen molar-refractivity contribution in [1.29, 1.82) is 0 Å². The molecule has 0 rings (SSSR count). The van der Waals surface area contributed by atoms with Gasteiger partial charge in [-0.2, -0.15) is 0 Å². The monoisotopic (exact) mass is 235 g/mol. The second-order valence-electron chi connectivity index (χ2n) is 4.69. The molecule has 0 saturated heterocycles. The first-order valence-electron chi connectivity index (χ1n) is 7.51. The SMILES string of the molecule is [CH2]CCCCCCCC/C=C/CC/C=C/CC. The lowest BCUT2D eigenvalue weighted by Crippen LogP contribution is -1.79. The Morgan fingerprint density at radius 3 is 1.82 bits per heavy atom. The van der Waals surface area contributed by atoms with Crippen LogP contribution in [0.3, 0.4) is 0 Å². The summed E-state index contributed by atoms with van der Waals surface area (Å²) in [6.45, 7) is 6.05. The summed E-state index contributed by atoms with van der Waals surface area (Å²) in [4.78, 5) is 0. The minimum absolute atomic E-state index is 1.11. The van der Waals surface area contributed by atoms with Crippen LogP contribution in [0.4, 0.5) is 0 Å². The summed E-state index contributed by atoms with van der Waals surface area (Å²) in [5.74, 6) is 0. The molecule has 0 bridgehead atoms. The van der Waals surface area contributed by atoms with Crippen LogP contribution in [0, 0.1) is 6.92 Å². The fourth-order valence-corrected chi connectivity index (χ4v) is 1.86. The van der Waals surface area contributed by atoms with Crippen molar-refractivity contribution in [3.8, 4) is 0 Å². The van der Waals surface area contributed by atoms with Crippen LogP contribution in [0.1, 0.15) is 77.6 Å². The largest absolute Gasteiger partial charge is 0.0888 e. The predicted octanol–water partition coefficient (Wildman–Crippen LogP) is 6.24. The number of hydrogen-bond donors (Lipinski definition) is 0. The molecule has 0 N–H and O–H groups in total. The molecule has 0 fully saturated rings. The summed E-state index contributed by atoms with van der Waals surface area (Å²) in [6.07, 6.45) is 23.5. The van der Waals surface area contributed by atoms with Gasteiger partial charge in [0.15, 0.2) is 0 Å². The molecule has 0 aliphatic carbocycles. The molecule has 0 heterocycles. The van der Waals surface area contributed by atoms with E-state index in [1.54, 1.807) is 0 Å². The average molecular weight is 235 g/mol. The van der Waals surface area contributed by atoms with Crippen molar-refractivity contribution < 1.29 is 0 Å². The lowest BCUT2D eigenvalue weighted by molar-refractivity contribution is 0.599. The highest BCUT2D eigenvalue weighted by molar-refractivity contribution is 4.87. The predicted molar refractivity (Wildman–Crippen MR) is 80.1 cm³/mol. The van der Waals surface area contributed by atoms with Crippen LogP contribution in [0.2, 0.25) is 0 Å². The molecule has 0 unspecified atom stereocenters. The number of rotatable bonds is 12. The Balaban J connectivity index is 3.06. The topological polar surface area (TPSA) is 0 Å². The van der Waals surface area contributed by atoms with Gasteiger partial charge < -0.3 is 0 Å². The van der Waals surface area contributed by atoms with Crippen molar-refractivity contribution in [3.05, 3.63) is 31.2 Å². The van der Waals surface area contributed by atoms with E-state index < -0.39 is 0 Å². The van der Waals surface area contributed by atoms with E-state index >= 15 is 0 Å². The van der Waals surface area contributed by atoms with Crippen LogP contribution in [0.15, 0.2) is 24.3 Å². The van der Waals surface area contributed by atoms with Gasteiger partial charge in [-0.1, -0.05) is 76.7 Å².